The Morgan fingerprint density at radius 3 is 2.94 bits per heavy atom. The minimum atomic E-state index is 0.848. The fraction of sp³-hybridized carbons (Fsp3) is 0.133. The number of benzene rings is 1. The van der Waals surface area contributed by atoms with Gasteiger partial charge in [-0.25, -0.2) is 0 Å². The maximum Gasteiger partial charge on any atom is 0.0705 e. The second kappa shape index (κ2) is 4.78. The van der Waals surface area contributed by atoms with Gasteiger partial charge in [0.15, 0.2) is 0 Å². The lowest BCUT2D eigenvalue weighted by atomic mass is 10.1. The summed E-state index contributed by atoms with van der Waals surface area (Å²) in [6.45, 7) is 2.87. The summed E-state index contributed by atoms with van der Waals surface area (Å²) >= 11 is 1.71. The first-order chi connectivity index (χ1) is 8.81. The highest BCUT2D eigenvalue weighted by Crippen LogP contribution is 2.17. The standard InChI is InChI=1S/C15H14N2S/c1-11-2-4-13-8-12(3-5-15(13)17-11)9-16-14-6-7-18-10-14/h2-8,10,16H,9H2,1H3. The van der Waals surface area contributed by atoms with Crippen molar-refractivity contribution in [1.82, 2.24) is 4.98 Å². The van der Waals surface area contributed by atoms with E-state index in [0.29, 0.717) is 0 Å². The van der Waals surface area contributed by atoms with Crippen molar-refractivity contribution >= 4 is 27.9 Å². The molecule has 0 unspecified atom stereocenters. The number of aryl methyl sites for hydroxylation is 1. The minimum absolute atomic E-state index is 0.848. The van der Waals surface area contributed by atoms with Gasteiger partial charge in [-0.3, -0.25) is 4.98 Å². The first-order valence-electron chi connectivity index (χ1n) is 5.94. The fourth-order valence-corrected chi connectivity index (χ4v) is 2.57. The first kappa shape index (κ1) is 11.2. The van der Waals surface area contributed by atoms with Gasteiger partial charge in [0.25, 0.3) is 0 Å². The molecular formula is C15H14N2S. The van der Waals surface area contributed by atoms with Crippen LogP contribution >= 0.6 is 11.3 Å². The summed E-state index contributed by atoms with van der Waals surface area (Å²) in [7, 11) is 0. The molecule has 2 heterocycles. The van der Waals surface area contributed by atoms with Crippen LogP contribution in [0, 0.1) is 6.92 Å². The SMILES string of the molecule is Cc1ccc2cc(CNc3ccsc3)ccc2n1. The van der Waals surface area contributed by atoms with Crippen LogP contribution in [0.5, 0.6) is 0 Å². The number of hydrogen-bond acceptors (Lipinski definition) is 3. The molecule has 0 spiro atoms. The van der Waals surface area contributed by atoms with E-state index in [4.69, 9.17) is 0 Å². The predicted molar refractivity (Wildman–Crippen MR) is 78.1 cm³/mol. The minimum Gasteiger partial charge on any atom is -0.380 e. The highest BCUT2D eigenvalue weighted by atomic mass is 32.1. The van der Waals surface area contributed by atoms with E-state index in [1.165, 1.54) is 16.6 Å². The Labute approximate surface area is 110 Å². The fourth-order valence-electron chi connectivity index (χ4n) is 1.96. The number of rotatable bonds is 3. The Bertz CT molecular complexity index is 659. The molecule has 2 aromatic heterocycles. The summed E-state index contributed by atoms with van der Waals surface area (Å²) in [5.74, 6) is 0. The summed E-state index contributed by atoms with van der Waals surface area (Å²) in [4.78, 5) is 4.51. The molecule has 0 saturated carbocycles. The van der Waals surface area contributed by atoms with Crippen LogP contribution in [0.1, 0.15) is 11.3 Å². The molecule has 90 valence electrons. The van der Waals surface area contributed by atoms with Crippen molar-refractivity contribution < 1.29 is 0 Å². The van der Waals surface area contributed by atoms with E-state index in [1.54, 1.807) is 11.3 Å². The monoisotopic (exact) mass is 254 g/mol. The highest BCUT2D eigenvalue weighted by Gasteiger charge is 1.99. The Morgan fingerprint density at radius 1 is 1.17 bits per heavy atom. The van der Waals surface area contributed by atoms with Gasteiger partial charge in [0.05, 0.1) is 5.52 Å². The smallest absolute Gasteiger partial charge is 0.0705 e. The van der Waals surface area contributed by atoms with Crippen molar-refractivity contribution in [2.75, 3.05) is 5.32 Å². The van der Waals surface area contributed by atoms with Crippen LogP contribution in [0.3, 0.4) is 0 Å². The number of nitrogens with zero attached hydrogens (tertiary/aromatic N) is 1. The van der Waals surface area contributed by atoms with Crippen molar-refractivity contribution in [1.29, 1.82) is 0 Å². The maximum atomic E-state index is 4.51. The topological polar surface area (TPSA) is 24.9 Å². The van der Waals surface area contributed by atoms with Gasteiger partial charge in [-0.05, 0) is 42.1 Å². The first-order valence-corrected chi connectivity index (χ1v) is 6.88. The van der Waals surface area contributed by atoms with Crippen molar-refractivity contribution in [3.05, 3.63) is 58.4 Å². The van der Waals surface area contributed by atoms with E-state index in [9.17, 15) is 0 Å². The number of thiophene rings is 1. The van der Waals surface area contributed by atoms with Crippen molar-refractivity contribution in [3.63, 3.8) is 0 Å². The van der Waals surface area contributed by atoms with Crippen LogP contribution < -0.4 is 5.32 Å². The second-order valence-corrected chi connectivity index (χ2v) is 5.13. The number of fused-ring (bicyclic) bond motifs is 1. The van der Waals surface area contributed by atoms with E-state index in [1.807, 2.05) is 6.92 Å². The second-order valence-electron chi connectivity index (χ2n) is 4.35. The molecule has 3 aromatic rings. The van der Waals surface area contributed by atoms with Gasteiger partial charge < -0.3 is 5.32 Å². The van der Waals surface area contributed by atoms with E-state index in [0.717, 1.165) is 17.8 Å². The van der Waals surface area contributed by atoms with Crippen molar-refractivity contribution in [3.8, 4) is 0 Å². The number of aromatic nitrogens is 1. The summed E-state index contributed by atoms with van der Waals surface area (Å²) < 4.78 is 0. The van der Waals surface area contributed by atoms with E-state index in [-0.39, 0.29) is 0 Å². The van der Waals surface area contributed by atoms with Crippen LogP contribution in [0.2, 0.25) is 0 Å². The Balaban J connectivity index is 1.82. The maximum absolute atomic E-state index is 4.51. The van der Waals surface area contributed by atoms with Crippen LogP contribution in [0.15, 0.2) is 47.2 Å². The lowest BCUT2D eigenvalue weighted by molar-refractivity contribution is 1.15. The number of hydrogen-bond donors (Lipinski definition) is 1. The average molecular weight is 254 g/mol. The molecule has 0 radical (unpaired) electrons. The summed E-state index contributed by atoms with van der Waals surface area (Å²) in [6.07, 6.45) is 0. The van der Waals surface area contributed by atoms with Crippen LogP contribution in [-0.2, 0) is 6.54 Å². The van der Waals surface area contributed by atoms with Gasteiger partial charge >= 0.3 is 0 Å². The zero-order valence-corrected chi connectivity index (χ0v) is 11.0. The molecule has 0 aliphatic carbocycles. The van der Waals surface area contributed by atoms with Gasteiger partial charge in [0, 0.05) is 28.7 Å². The molecule has 1 aromatic carbocycles. The van der Waals surface area contributed by atoms with Crippen molar-refractivity contribution in [2.45, 2.75) is 13.5 Å². The molecule has 0 bridgehead atoms. The molecule has 3 heteroatoms. The quantitative estimate of drug-likeness (QED) is 0.757. The average Bonchev–Trinajstić information content (AvgIpc) is 2.89. The Morgan fingerprint density at radius 2 is 2.11 bits per heavy atom. The lowest BCUT2D eigenvalue weighted by Crippen LogP contribution is -1.98. The van der Waals surface area contributed by atoms with Crippen LogP contribution in [-0.4, -0.2) is 4.98 Å². The summed E-state index contributed by atoms with van der Waals surface area (Å²) in [5.41, 5.74) is 4.59. The zero-order chi connectivity index (χ0) is 12.4. The zero-order valence-electron chi connectivity index (χ0n) is 10.2. The summed E-state index contributed by atoms with van der Waals surface area (Å²) in [5, 5.41) is 8.80. The third kappa shape index (κ3) is 2.36. The Hall–Kier alpha value is -1.87. The van der Waals surface area contributed by atoms with Gasteiger partial charge in [-0.15, -0.1) is 0 Å². The van der Waals surface area contributed by atoms with Crippen molar-refractivity contribution in [2.24, 2.45) is 0 Å². The highest BCUT2D eigenvalue weighted by molar-refractivity contribution is 7.08. The molecule has 0 atom stereocenters. The van der Waals surface area contributed by atoms with Crippen LogP contribution in [0.25, 0.3) is 10.9 Å². The molecule has 0 aliphatic heterocycles. The molecule has 2 nitrogen and oxygen atoms in total. The van der Waals surface area contributed by atoms with E-state index >= 15 is 0 Å². The van der Waals surface area contributed by atoms with Gasteiger partial charge in [0.2, 0.25) is 0 Å². The van der Waals surface area contributed by atoms with E-state index in [2.05, 4.69) is 57.5 Å². The molecule has 0 aliphatic rings. The molecule has 18 heavy (non-hydrogen) atoms. The van der Waals surface area contributed by atoms with Gasteiger partial charge in [-0.2, -0.15) is 11.3 Å². The third-order valence-corrected chi connectivity index (χ3v) is 3.59. The lowest BCUT2D eigenvalue weighted by Gasteiger charge is -2.06. The predicted octanol–water partition coefficient (Wildman–Crippen LogP) is 4.22. The largest absolute Gasteiger partial charge is 0.380 e. The molecule has 0 saturated heterocycles. The molecule has 0 fully saturated rings. The third-order valence-electron chi connectivity index (χ3n) is 2.91. The number of pyridine rings is 1. The number of anilines is 1. The summed E-state index contributed by atoms with van der Waals surface area (Å²) in [6, 6.07) is 12.7. The normalized spacial score (nSPS) is 10.7. The molecule has 1 N–H and O–H groups in total. The van der Waals surface area contributed by atoms with Gasteiger partial charge in [-0.1, -0.05) is 12.1 Å². The molecule has 0 amide bonds. The Kier molecular flexibility index (Phi) is 2.99. The molecular weight excluding hydrogens is 240 g/mol. The van der Waals surface area contributed by atoms with Crippen LogP contribution in [0.4, 0.5) is 5.69 Å². The van der Waals surface area contributed by atoms with E-state index < -0.39 is 0 Å². The van der Waals surface area contributed by atoms with Gasteiger partial charge in [0.1, 0.15) is 0 Å². The molecule has 3 rings (SSSR count). The number of nitrogens with one attached hydrogen (secondary N) is 1.